The maximum Gasteiger partial charge on any atom is 0.316 e. The number of anilines is 1. The lowest BCUT2D eigenvalue weighted by molar-refractivity contribution is 0.259. The Morgan fingerprint density at radius 2 is 2.00 bits per heavy atom. The van der Waals surface area contributed by atoms with Gasteiger partial charge in [0.25, 0.3) is 0 Å². The summed E-state index contributed by atoms with van der Waals surface area (Å²) in [6.07, 6.45) is 0. The number of urea groups is 1. The summed E-state index contributed by atoms with van der Waals surface area (Å²) >= 11 is 1.87. The molecule has 0 aliphatic rings. The summed E-state index contributed by atoms with van der Waals surface area (Å²) in [4.78, 5) is 10.6. The molecule has 1 rings (SSSR count). The van der Waals surface area contributed by atoms with Crippen LogP contribution < -0.4 is 16.2 Å². The first-order chi connectivity index (χ1) is 6.80. The topological polar surface area (TPSA) is 115 Å². The molecule has 2 amide bonds. The van der Waals surface area contributed by atoms with Gasteiger partial charge >= 0.3 is 6.03 Å². The molecule has 0 heterocycles. The Labute approximate surface area is 100 Å². The van der Waals surface area contributed by atoms with Crippen LogP contribution in [0.5, 0.6) is 0 Å². The van der Waals surface area contributed by atoms with Gasteiger partial charge in [0.05, 0.1) is 10.6 Å². The zero-order valence-corrected chi connectivity index (χ0v) is 10.4. The predicted octanol–water partition coefficient (Wildman–Crippen LogP) is 0.429. The van der Waals surface area contributed by atoms with Crippen molar-refractivity contribution < 1.29 is 13.2 Å². The molecule has 0 unspecified atom stereocenters. The molecule has 0 radical (unpaired) electrons. The molecule has 5 N–H and O–H groups in total. The maximum absolute atomic E-state index is 11.0. The number of rotatable bonds is 2. The van der Waals surface area contributed by atoms with E-state index in [4.69, 9.17) is 10.9 Å². The second-order valence-corrected chi connectivity index (χ2v) is 5.40. The van der Waals surface area contributed by atoms with Crippen LogP contribution in [0.3, 0.4) is 0 Å². The van der Waals surface area contributed by atoms with Crippen LogP contribution >= 0.6 is 22.6 Å². The van der Waals surface area contributed by atoms with Crippen molar-refractivity contribution in [2.24, 2.45) is 10.9 Å². The molecule has 8 heteroatoms. The van der Waals surface area contributed by atoms with Gasteiger partial charge in [0, 0.05) is 3.57 Å². The van der Waals surface area contributed by atoms with Crippen LogP contribution in [0, 0.1) is 3.57 Å². The quantitative estimate of drug-likeness (QED) is 0.678. The molecule has 15 heavy (non-hydrogen) atoms. The van der Waals surface area contributed by atoms with Gasteiger partial charge in [-0.05, 0) is 40.8 Å². The molecule has 0 atom stereocenters. The maximum atomic E-state index is 11.0. The number of halogens is 1. The fourth-order valence-corrected chi connectivity index (χ4v) is 2.31. The fourth-order valence-electron chi connectivity index (χ4n) is 0.907. The van der Waals surface area contributed by atoms with Gasteiger partial charge in [-0.2, -0.15) is 0 Å². The Balaban J connectivity index is 3.15. The second-order valence-electron chi connectivity index (χ2n) is 2.68. The average molecular weight is 341 g/mol. The first-order valence-electron chi connectivity index (χ1n) is 3.69. The lowest BCUT2D eigenvalue weighted by Crippen LogP contribution is -2.20. The van der Waals surface area contributed by atoms with Crippen molar-refractivity contribution in [1.82, 2.24) is 0 Å². The van der Waals surface area contributed by atoms with Gasteiger partial charge in [0.2, 0.25) is 10.0 Å². The van der Waals surface area contributed by atoms with E-state index in [1.54, 1.807) is 0 Å². The van der Waals surface area contributed by atoms with Crippen LogP contribution in [0.15, 0.2) is 23.1 Å². The first-order valence-corrected chi connectivity index (χ1v) is 6.32. The predicted molar refractivity (Wildman–Crippen MR) is 63.7 cm³/mol. The van der Waals surface area contributed by atoms with Crippen LogP contribution in [0.1, 0.15) is 0 Å². The first kappa shape index (κ1) is 12.2. The third-order valence-electron chi connectivity index (χ3n) is 1.53. The van der Waals surface area contributed by atoms with Crippen LogP contribution in [0.2, 0.25) is 0 Å². The molecule has 1 aromatic carbocycles. The summed E-state index contributed by atoms with van der Waals surface area (Å²) in [7, 11) is -3.72. The smallest absolute Gasteiger partial charge is 0.316 e. The summed E-state index contributed by atoms with van der Waals surface area (Å²) in [5.74, 6) is 0. The summed E-state index contributed by atoms with van der Waals surface area (Å²) in [6, 6.07) is 3.35. The SMILES string of the molecule is NC(=O)Nc1ccc(S(N)(=O)=O)cc1I. The molecule has 82 valence electrons. The van der Waals surface area contributed by atoms with Crippen LogP contribution in [0.4, 0.5) is 10.5 Å². The van der Waals surface area contributed by atoms with E-state index in [1.165, 1.54) is 18.2 Å². The van der Waals surface area contributed by atoms with Gasteiger partial charge in [-0.1, -0.05) is 0 Å². The molecule has 1 aromatic rings. The number of hydrogen-bond donors (Lipinski definition) is 3. The van der Waals surface area contributed by atoms with Crippen LogP contribution in [-0.4, -0.2) is 14.4 Å². The Morgan fingerprint density at radius 3 is 2.40 bits per heavy atom. The number of primary amides is 1. The highest BCUT2D eigenvalue weighted by Gasteiger charge is 2.10. The number of carbonyl (C=O) groups is 1. The summed E-state index contributed by atoms with van der Waals surface area (Å²) in [5.41, 5.74) is 5.36. The second kappa shape index (κ2) is 4.33. The highest BCUT2D eigenvalue weighted by Crippen LogP contribution is 2.21. The van der Waals surface area contributed by atoms with E-state index in [9.17, 15) is 13.2 Å². The minimum absolute atomic E-state index is 0.0121. The van der Waals surface area contributed by atoms with Crippen molar-refractivity contribution >= 4 is 44.3 Å². The van der Waals surface area contributed by atoms with E-state index >= 15 is 0 Å². The number of sulfonamides is 1. The van der Waals surface area contributed by atoms with E-state index < -0.39 is 16.1 Å². The van der Waals surface area contributed by atoms with Crippen molar-refractivity contribution in [3.8, 4) is 0 Å². The van der Waals surface area contributed by atoms with Gasteiger partial charge in [0.15, 0.2) is 0 Å². The summed E-state index contributed by atoms with van der Waals surface area (Å²) < 4.78 is 22.5. The average Bonchev–Trinajstić information content (AvgIpc) is 2.05. The number of benzene rings is 1. The fraction of sp³-hybridized carbons (Fsp3) is 0. The van der Waals surface area contributed by atoms with Gasteiger partial charge in [-0.15, -0.1) is 0 Å². The van der Waals surface area contributed by atoms with Crippen molar-refractivity contribution in [2.45, 2.75) is 4.90 Å². The third kappa shape index (κ3) is 3.32. The summed E-state index contributed by atoms with van der Waals surface area (Å²) in [6.45, 7) is 0. The van der Waals surface area contributed by atoms with Crippen LogP contribution in [0.25, 0.3) is 0 Å². The normalized spacial score (nSPS) is 11.1. The minimum atomic E-state index is -3.72. The number of primary sulfonamides is 1. The number of hydrogen-bond acceptors (Lipinski definition) is 3. The van der Waals surface area contributed by atoms with Gasteiger partial charge < -0.3 is 11.1 Å². The van der Waals surface area contributed by atoms with Gasteiger partial charge in [-0.3, -0.25) is 0 Å². The lowest BCUT2D eigenvalue weighted by Gasteiger charge is -2.06. The lowest BCUT2D eigenvalue weighted by atomic mass is 10.3. The molecule has 0 bridgehead atoms. The molecular weight excluding hydrogens is 333 g/mol. The molecule has 0 spiro atoms. The molecule has 0 fully saturated rings. The monoisotopic (exact) mass is 341 g/mol. The van der Waals surface area contributed by atoms with Crippen molar-refractivity contribution in [2.75, 3.05) is 5.32 Å². The number of nitrogens with two attached hydrogens (primary N) is 2. The Morgan fingerprint density at radius 1 is 1.40 bits per heavy atom. The number of carbonyl (C=O) groups excluding carboxylic acids is 1. The molecule has 0 aromatic heterocycles. The van der Waals surface area contributed by atoms with Gasteiger partial charge in [0.1, 0.15) is 0 Å². The highest BCUT2D eigenvalue weighted by molar-refractivity contribution is 14.1. The van der Waals surface area contributed by atoms with Crippen LogP contribution in [-0.2, 0) is 10.0 Å². The van der Waals surface area contributed by atoms with E-state index in [0.717, 1.165) is 0 Å². The Kier molecular flexibility index (Phi) is 3.52. The van der Waals surface area contributed by atoms with E-state index in [0.29, 0.717) is 9.26 Å². The molecule has 6 nitrogen and oxygen atoms in total. The largest absolute Gasteiger partial charge is 0.351 e. The zero-order valence-electron chi connectivity index (χ0n) is 7.40. The van der Waals surface area contributed by atoms with Crippen molar-refractivity contribution in [1.29, 1.82) is 0 Å². The van der Waals surface area contributed by atoms with E-state index in [2.05, 4.69) is 5.32 Å². The third-order valence-corrected chi connectivity index (χ3v) is 3.33. The molecule has 0 aliphatic heterocycles. The zero-order chi connectivity index (χ0) is 11.6. The van der Waals surface area contributed by atoms with Gasteiger partial charge in [-0.25, -0.2) is 18.4 Å². The number of amides is 2. The Hall–Kier alpha value is -0.870. The standard InChI is InChI=1S/C7H8IN3O3S/c8-5-3-4(15(10,13)14)1-2-6(5)11-7(9)12/h1-3H,(H3,9,11,12)(H2,10,13,14). The van der Waals surface area contributed by atoms with E-state index in [1.807, 2.05) is 22.6 Å². The minimum Gasteiger partial charge on any atom is -0.351 e. The van der Waals surface area contributed by atoms with Crippen molar-refractivity contribution in [3.63, 3.8) is 0 Å². The Bertz CT molecular complexity index is 500. The molecule has 0 saturated heterocycles. The molecular formula is C7H8IN3O3S. The van der Waals surface area contributed by atoms with E-state index in [-0.39, 0.29) is 4.90 Å². The highest BCUT2D eigenvalue weighted by atomic mass is 127. The summed E-state index contributed by atoms with van der Waals surface area (Å²) in [5, 5.41) is 7.28. The molecule has 0 aliphatic carbocycles. The molecule has 0 saturated carbocycles. The number of nitrogens with one attached hydrogen (secondary N) is 1. The van der Waals surface area contributed by atoms with Crippen molar-refractivity contribution in [3.05, 3.63) is 21.8 Å².